The summed E-state index contributed by atoms with van der Waals surface area (Å²) in [5.41, 5.74) is 2.09. The molecule has 0 spiro atoms. The summed E-state index contributed by atoms with van der Waals surface area (Å²) in [5.74, 6) is -0.937. The van der Waals surface area contributed by atoms with E-state index >= 15 is 0 Å². The molecular formula is C23H17ClN2O4S. The average molecular weight is 453 g/mol. The van der Waals surface area contributed by atoms with Crippen molar-refractivity contribution in [3.8, 4) is 5.75 Å². The number of ether oxygens (including phenoxy) is 1. The van der Waals surface area contributed by atoms with Crippen LogP contribution in [-0.4, -0.2) is 27.9 Å². The van der Waals surface area contributed by atoms with Crippen LogP contribution in [0, 0.1) is 0 Å². The molecular weight excluding hydrogens is 436 g/mol. The number of hydrogen-bond acceptors (Lipinski definition) is 6. The van der Waals surface area contributed by atoms with Crippen LogP contribution in [0.2, 0.25) is 5.02 Å². The maximum Gasteiger partial charge on any atom is 0.301 e. The Morgan fingerprint density at radius 1 is 1.23 bits per heavy atom. The van der Waals surface area contributed by atoms with Crippen LogP contribution in [0.1, 0.15) is 29.7 Å². The standard InChI is InChI=1S/C23H17ClN2O4S/c1-12-10-15-11-14(4-7-17(15)30-12)20(27)18-19(13-2-5-16(24)6-3-13)26(22(29)21(18)28)23-25-8-9-31-23/h2-9,11-12,19,27H,10H2,1H3/b20-18-. The fraction of sp³-hybridized carbons (Fsp3) is 0.174. The summed E-state index contributed by atoms with van der Waals surface area (Å²) in [4.78, 5) is 31.6. The van der Waals surface area contributed by atoms with E-state index in [1.807, 2.05) is 13.0 Å². The number of halogens is 1. The number of nitrogens with zero attached hydrogens (tertiary/aromatic N) is 2. The van der Waals surface area contributed by atoms with Gasteiger partial charge in [0.15, 0.2) is 5.13 Å². The number of thiazole rings is 1. The van der Waals surface area contributed by atoms with Crippen LogP contribution in [0.25, 0.3) is 5.76 Å². The minimum absolute atomic E-state index is 0.0226. The molecule has 8 heteroatoms. The summed E-state index contributed by atoms with van der Waals surface area (Å²) >= 11 is 7.29. The van der Waals surface area contributed by atoms with Gasteiger partial charge in [0.25, 0.3) is 5.78 Å². The van der Waals surface area contributed by atoms with Gasteiger partial charge in [-0.15, -0.1) is 11.3 Å². The minimum Gasteiger partial charge on any atom is -0.507 e. The molecule has 0 bridgehead atoms. The second-order valence-electron chi connectivity index (χ2n) is 7.49. The zero-order valence-electron chi connectivity index (χ0n) is 16.4. The zero-order valence-corrected chi connectivity index (χ0v) is 18.0. The van der Waals surface area contributed by atoms with Gasteiger partial charge in [-0.05, 0) is 48.4 Å². The van der Waals surface area contributed by atoms with Crippen molar-refractivity contribution in [1.82, 2.24) is 4.98 Å². The van der Waals surface area contributed by atoms with Crippen LogP contribution in [0.5, 0.6) is 5.75 Å². The van der Waals surface area contributed by atoms with E-state index in [4.69, 9.17) is 16.3 Å². The first-order chi connectivity index (χ1) is 14.9. The van der Waals surface area contributed by atoms with Crippen molar-refractivity contribution in [1.29, 1.82) is 0 Å². The SMILES string of the molecule is CC1Cc2cc(/C(O)=C3/C(=O)C(=O)N(c4nccs4)C3c3ccc(Cl)cc3)ccc2O1. The number of hydrogen-bond donors (Lipinski definition) is 1. The lowest BCUT2D eigenvalue weighted by atomic mass is 9.94. The Morgan fingerprint density at radius 2 is 2.00 bits per heavy atom. The van der Waals surface area contributed by atoms with E-state index in [1.165, 1.54) is 16.2 Å². The molecule has 31 heavy (non-hydrogen) atoms. The smallest absolute Gasteiger partial charge is 0.301 e. The van der Waals surface area contributed by atoms with Gasteiger partial charge >= 0.3 is 5.91 Å². The molecule has 2 atom stereocenters. The normalized spacial score (nSPS) is 21.9. The van der Waals surface area contributed by atoms with Crippen molar-refractivity contribution in [2.75, 3.05) is 4.90 Å². The Hall–Kier alpha value is -3.16. The third-order valence-electron chi connectivity index (χ3n) is 5.42. The van der Waals surface area contributed by atoms with E-state index in [0.29, 0.717) is 27.7 Å². The number of aromatic nitrogens is 1. The highest BCUT2D eigenvalue weighted by Gasteiger charge is 2.48. The first-order valence-electron chi connectivity index (χ1n) is 9.70. The van der Waals surface area contributed by atoms with Gasteiger partial charge in [0.05, 0.1) is 11.6 Å². The number of amides is 1. The molecule has 3 aromatic rings. The van der Waals surface area contributed by atoms with E-state index in [9.17, 15) is 14.7 Å². The predicted octanol–water partition coefficient (Wildman–Crippen LogP) is 4.75. The molecule has 2 aliphatic heterocycles. The van der Waals surface area contributed by atoms with Gasteiger partial charge in [0, 0.05) is 28.6 Å². The van der Waals surface area contributed by atoms with Crippen molar-refractivity contribution < 1.29 is 19.4 Å². The van der Waals surface area contributed by atoms with Crippen molar-refractivity contribution >= 4 is 45.5 Å². The number of rotatable bonds is 3. The molecule has 6 nitrogen and oxygen atoms in total. The maximum absolute atomic E-state index is 13.1. The third-order valence-corrected chi connectivity index (χ3v) is 6.45. The van der Waals surface area contributed by atoms with Gasteiger partial charge in [-0.25, -0.2) is 4.98 Å². The molecule has 2 aromatic carbocycles. The molecule has 1 fully saturated rings. The van der Waals surface area contributed by atoms with Crippen molar-refractivity contribution in [2.24, 2.45) is 0 Å². The van der Waals surface area contributed by atoms with Crippen LogP contribution in [0.15, 0.2) is 59.6 Å². The first kappa shape index (κ1) is 19.8. The molecule has 5 rings (SSSR count). The van der Waals surface area contributed by atoms with E-state index < -0.39 is 17.7 Å². The number of anilines is 1. The van der Waals surface area contributed by atoms with Crippen LogP contribution >= 0.6 is 22.9 Å². The second kappa shape index (κ2) is 7.51. The fourth-order valence-electron chi connectivity index (χ4n) is 4.05. The number of aliphatic hydroxyl groups is 1. The van der Waals surface area contributed by atoms with Crippen LogP contribution < -0.4 is 9.64 Å². The second-order valence-corrected chi connectivity index (χ2v) is 8.80. The molecule has 0 saturated carbocycles. The van der Waals surface area contributed by atoms with Gasteiger partial charge < -0.3 is 9.84 Å². The van der Waals surface area contributed by atoms with Crippen molar-refractivity contribution in [3.05, 3.63) is 81.3 Å². The summed E-state index contributed by atoms with van der Waals surface area (Å²) in [5, 5.41) is 13.9. The van der Waals surface area contributed by atoms with Gasteiger partial charge in [-0.1, -0.05) is 23.7 Å². The van der Waals surface area contributed by atoms with Crippen LogP contribution in [0.3, 0.4) is 0 Å². The molecule has 2 aliphatic rings. The first-order valence-corrected chi connectivity index (χ1v) is 11.0. The topological polar surface area (TPSA) is 79.7 Å². The summed E-state index contributed by atoms with van der Waals surface area (Å²) in [7, 11) is 0. The maximum atomic E-state index is 13.1. The lowest BCUT2D eigenvalue weighted by Crippen LogP contribution is -2.29. The number of carbonyl (C=O) groups is 2. The molecule has 156 valence electrons. The molecule has 1 N–H and O–H groups in total. The molecule has 1 saturated heterocycles. The van der Waals surface area contributed by atoms with Gasteiger partial charge in [0.1, 0.15) is 17.6 Å². The van der Waals surface area contributed by atoms with E-state index in [-0.39, 0.29) is 17.4 Å². The summed E-state index contributed by atoms with van der Waals surface area (Å²) in [6, 6.07) is 11.3. The number of fused-ring (bicyclic) bond motifs is 1. The minimum atomic E-state index is -0.813. The summed E-state index contributed by atoms with van der Waals surface area (Å²) in [6.07, 6.45) is 2.33. The Labute approximate surface area is 187 Å². The van der Waals surface area contributed by atoms with Crippen molar-refractivity contribution in [2.45, 2.75) is 25.5 Å². The van der Waals surface area contributed by atoms with Crippen molar-refractivity contribution in [3.63, 3.8) is 0 Å². The molecule has 0 aliphatic carbocycles. The van der Waals surface area contributed by atoms with Crippen LogP contribution in [-0.2, 0) is 16.0 Å². The Balaban J connectivity index is 1.68. The average Bonchev–Trinajstić information content (AvgIpc) is 3.46. The summed E-state index contributed by atoms with van der Waals surface area (Å²) < 4.78 is 5.73. The number of aliphatic hydroxyl groups excluding tert-OH is 1. The summed E-state index contributed by atoms with van der Waals surface area (Å²) in [6.45, 7) is 1.97. The van der Waals surface area contributed by atoms with E-state index in [2.05, 4.69) is 4.98 Å². The highest BCUT2D eigenvalue weighted by atomic mass is 35.5. The quantitative estimate of drug-likeness (QED) is 0.352. The molecule has 1 aromatic heterocycles. The highest BCUT2D eigenvalue weighted by Crippen LogP contribution is 2.43. The number of carbonyl (C=O) groups excluding carboxylic acids is 2. The largest absolute Gasteiger partial charge is 0.507 e. The Morgan fingerprint density at radius 3 is 2.71 bits per heavy atom. The Bertz CT molecular complexity index is 1220. The molecule has 1 amide bonds. The van der Waals surface area contributed by atoms with E-state index in [1.54, 1.807) is 48.0 Å². The lowest BCUT2D eigenvalue weighted by molar-refractivity contribution is -0.132. The number of benzene rings is 2. The predicted molar refractivity (Wildman–Crippen MR) is 119 cm³/mol. The molecule has 0 radical (unpaired) electrons. The molecule has 3 heterocycles. The number of Topliss-reactive ketones (excluding diaryl/α,β-unsaturated/α-hetero) is 1. The van der Waals surface area contributed by atoms with E-state index in [0.717, 1.165) is 11.3 Å². The number of ketones is 1. The van der Waals surface area contributed by atoms with Gasteiger partial charge in [0.2, 0.25) is 0 Å². The highest BCUT2D eigenvalue weighted by molar-refractivity contribution is 7.14. The van der Waals surface area contributed by atoms with Crippen LogP contribution in [0.4, 0.5) is 5.13 Å². The van der Waals surface area contributed by atoms with Gasteiger partial charge in [-0.2, -0.15) is 0 Å². The zero-order chi connectivity index (χ0) is 21.7. The lowest BCUT2D eigenvalue weighted by Gasteiger charge is -2.23. The fourth-order valence-corrected chi connectivity index (χ4v) is 4.84. The molecule has 2 unspecified atom stereocenters. The van der Waals surface area contributed by atoms with Gasteiger partial charge in [-0.3, -0.25) is 14.5 Å². The monoisotopic (exact) mass is 452 g/mol. The Kier molecular flexibility index (Phi) is 4.79. The third kappa shape index (κ3) is 3.30.